The molecule has 2 aromatic heterocycles. The number of phosphoric acid groups is 2. The van der Waals surface area contributed by atoms with Crippen molar-refractivity contribution in [3.8, 4) is 11.5 Å². The number of phosphoric ester groups is 1. The number of nitrogen functional groups attached to an aromatic ring is 1. The molecule has 1 unspecified atom stereocenters. The van der Waals surface area contributed by atoms with E-state index in [0.29, 0.717) is 10.9 Å². The summed E-state index contributed by atoms with van der Waals surface area (Å²) in [6, 6.07) is 0. The molecule has 17 heteroatoms. The van der Waals surface area contributed by atoms with Crippen LogP contribution >= 0.6 is 15.6 Å². The average Bonchev–Trinajstić information content (AvgIpc) is 3.13. The fraction of sp³-hybridized carbons (Fsp3) is 0.529. The highest BCUT2D eigenvalue weighted by atomic mass is 31.3. The number of aromatic nitrogens is 3. The predicted octanol–water partition coefficient (Wildman–Crippen LogP) is 0.478. The van der Waals surface area contributed by atoms with Crippen molar-refractivity contribution >= 4 is 40.6 Å². The Hall–Kier alpha value is -1.66. The lowest BCUT2D eigenvalue weighted by molar-refractivity contribution is -0.0947. The molecule has 14 nitrogen and oxygen atoms in total. The van der Waals surface area contributed by atoms with Gasteiger partial charge in [0.2, 0.25) is 0 Å². The second-order valence-electron chi connectivity index (χ2n) is 8.94. The number of nitrogens with two attached hydrogens (primary N) is 1. The average molecular weight is 536 g/mol. The summed E-state index contributed by atoms with van der Waals surface area (Å²) in [7, 11) is -12.3. The van der Waals surface area contributed by atoms with Crippen molar-refractivity contribution in [1.82, 2.24) is 14.5 Å². The first-order valence-electron chi connectivity index (χ1n) is 9.85. The van der Waals surface area contributed by atoms with Crippen LogP contribution in [-0.2, 0) is 22.7 Å². The molecular formula is C17H26N4O10P2Si. The Morgan fingerprint density at radius 3 is 2.53 bits per heavy atom. The summed E-state index contributed by atoms with van der Waals surface area (Å²) in [5, 5.41) is 22.1. The lowest BCUT2D eigenvalue weighted by Gasteiger charge is -2.27. The zero-order valence-corrected chi connectivity index (χ0v) is 21.5. The van der Waals surface area contributed by atoms with Crippen LogP contribution in [0, 0.1) is 11.5 Å². The Morgan fingerprint density at radius 2 is 1.94 bits per heavy atom. The minimum Gasteiger partial charge on any atom is -0.387 e. The third kappa shape index (κ3) is 5.93. The van der Waals surface area contributed by atoms with E-state index in [2.05, 4.69) is 49.9 Å². The minimum atomic E-state index is -5.33. The molecule has 0 saturated carbocycles. The number of fused-ring (bicyclic) bond motifs is 1. The van der Waals surface area contributed by atoms with E-state index in [1.165, 1.54) is 17.8 Å². The molecule has 0 spiro atoms. The fourth-order valence-electron chi connectivity index (χ4n) is 3.34. The molecule has 1 saturated heterocycles. The highest BCUT2D eigenvalue weighted by Crippen LogP contribution is 2.58. The van der Waals surface area contributed by atoms with Gasteiger partial charge < -0.3 is 39.9 Å². The molecule has 3 heterocycles. The molecule has 0 bridgehead atoms. The van der Waals surface area contributed by atoms with Gasteiger partial charge in [0.05, 0.1) is 17.6 Å². The van der Waals surface area contributed by atoms with Gasteiger partial charge >= 0.3 is 15.6 Å². The van der Waals surface area contributed by atoms with Crippen molar-refractivity contribution in [3.63, 3.8) is 0 Å². The fourth-order valence-corrected chi connectivity index (χ4v) is 5.45. The van der Waals surface area contributed by atoms with E-state index in [1.807, 2.05) is 0 Å². The van der Waals surface area contributed by atoms with Gasteiger partial charge in [-0.15, -0.1) is 5.54 Å². The monoisotopic (exact) mass is 536 g/mol. The predicted molar refractivity (Wildman–Crippen MR) is 122 cm³/mol. The summed E-state index contributed by atoms with van der Waals surface area (Å²) >= 11 is 0. The van der Waals surface area contributed by atoms with Crippen LogP contribution < -0.4 is 5.73 Å². The van der Waals surface area contributed by atoms with Gasteiger partial charge in [-0.1, -0.05) is 25.6 Å². The molecule has 1 aliphatic heterocycles. The smallest absolute Gasteiger partial charge is 0.387 e. The van der Waals surface area contributed by atoms with Crippen LogP contribution in [0.2, 0.25) is 19.6 Å². The molecule has 3 rings (SSSR count). The standard InChI is InChI=1S/C17H26N4O10P2Si/c1-17(23)13(22)11(8-29-33(27,28)31-32(24,25)26)30-16(17)21-7-10(5-6-34(2,3)4)12-14(18)19-9-20-15(12)21/h7,9,11,13,16,22-23H,8H2,1-4H3,(H,27,28)(H2,18,19,20)(H2,24,25,26)/t11-,13-,16-,17-/m1/s1. The quantitative estimate of drug-likeness (QED) is 0.168. The van der Waals surface area contributed by atoms with Gasteiger partial charge in [-0.05, 0) is 6.92 Å². The summed E-state index contributed by atoms with van der Waals surface area (Å²) in [4.78, 5) is 35.1. The molecule has 0 aliphatic carbocycles. The molecule has 1 aliphatic rings. The number of hydrogen-bond acceptors (Lipinski definition) is 10. The van der Waals surface area contributed by atoms with Crippen LogP contribution in [0.4, 0.5) is 5.82 Å². The molecule has 0 radical (unpaired) electrons. The zero-order valence-electron chi connectivity index (χ0n) is 18.7. The van der Waals surface area contributed by atoms with Crippen LogP contribution in [0.15, 0.2) is 12.5 Å². The van der Waals surface area contributed by atoms with Crippen molar-refractivity contribution in [2.75, 3.05) is 12.3 Å². The van der Waals surface area contributed by atoms with Crippen LogP contribution in [0.3, 0.4) is 0 Å². The number of hydrogen-bond donors (Lipinski definition) is 6. The van der Waals surface area contributed by atoms with Crippen LogP contribution in [0.25, 0.3) is 11.0 Å². The molecule has 2 aromatic rings. The molecule has 5 atom stereocenters. The number of aliphatic hydroxyl groups excluding tert-OH is 1. The first-order chi connectivity index (χ1) is 15.4. The summed E-state index contributed by atoms with van der Waals surface area (Å²) in [5.74, 6) is 3.23. The highest BCUT2D eigenvalue weighted by Gasteiger charge is 2.54. The van der Waals surface area contributed by atoms with E-state index >= 15 is 0 Å². The highest BCUT2D eigenvalue weighted by molar-refractivity contribution is 7.60. The molecule has 7 N–H and O–H groups in total. The first kappa shape index (κ1) is 26.9. The maximum atomic E-state index is 11.7. The normalized spacial score (nSPS) is 27.4. The van der Waals surface area contributed by atoms with E-state index in [4.69, 9.17) is 20.3 Å². The number of ether oxygens (including phenoxy) is 1. The molecular weight excluding hydrogens is 510 g/mol. The molecule has 0 aromatic carbocycles. The van der Waals surface area contributed by atoms with Gasteiger partial charge in [0, 0.05) is 6.20 Å². The Bertz CT molecular complexity index is 1240. The second kappa shape index (κ2) is 9.09. The number of aliphatic hydroxyl groups is 2. The molecule has 1 fully saturated rings. The van der Waals surface area contributed by atoms with Crippen LogP contribution in [-0.4, -0.2) is 71.9 Å². The Labute approximate surface area is 195 Å². The SMILES string of the molecule is C[C@@]1(O)[C@H](O)[C@@H](COP(=O)(O)OP(=O)(O)O)O[C@H]1n1cc(C#C[Si](C)(C)C)c2c(N)ncnc21. The summed E-state index contributed by atoms with van der Waals surface area (Å²) in [6.07, 6.45) is -1.52. The number of nitrogens with zero attached hydrogens (tertiary/aromatic N) is 3. The largest absolute Gasteiger partial charge is 0.481 e. The maximum absolute atomic E-state index is 11.7. The third-order valence-corrected chi connectivity index (χ3v) is 7.86. The van der Waals surface area contributed by atoms with Gasteiger partial charge in [0.15, 0.2) is 6.23 Å². The number of anilines is 1. The maximum Gasteiger partial charge on any atom is 0.481 e. The molecule has 34 heavy (non-hydrogen) atoms. The van der Waals surface area contributed by atoms with Crippen molar-refractivity contribution in [3.05, 3.63) is 18.1 Å². The first-order valence-corrected chi connectivity index (χ1v) is 16.4. The Kier molecular flexibility index (Phi) is 7.20. The van der Waals surface area contributed by atoms with Gasteiger partial charge in [-0.3, -0.25) is 4.52 Å². The third-order valence-electron chi connectivity index (χ3n) is 4.83. The zero-order chi connectivity index (χ0) is 25.7. The van der Waals surface area contributed by atoms with Crippen molar-refractivity contribution in [2.45, 2.75) is 50.6 Å². The summed E-state index contributed by atoms with van der Waals surface area (Å²) in [6.45, 7) is 6.61. The van der Waals surface area contributed by atoms with E-state index in [-0.39, 0.29) is 11.5 Å². The Morgan fingerprint density at radius 1 is 1.29 bits per heavy atom. The van der Waals surface area contributed by atoms with Crippen molar-refractivity contribution in [1.29, 1.82) is 0 Å². The van der Waals surface area contributed by atoms with Crippen molar-refractivity contribution < 1.29 is 47.6 Å². The lowest BCUT2D eigenvalue weighted by Crippen LogP contribution is -2.44. The Balaban J connectivity index is 1.96. The summed E-state index contributed by atoms with van der Waals surface area (Å²) < 4.78 is 38.0. The van der Waals surface area contributed by atoms with E-state index in [1.54, 1.807) is 6.20 Å². The van der Waals surface area contributed by atoms with Gasteiger partial charge in [0.25, 0.3) is 0 Å². The summed E-state index contributed by atoms with van der Waals surface area (Å²) in [5.41, 5.74) is 8.06. The van der Waals surface area contributed by atoms with Gasteiger partial charge in [0.1, 0.15) is 43.7 Å². The van der Waals surface area contributed by atoms with Crippen LogP contribution in [0.1, 0.15) is 18.7 Å². The second-order valence-corrected chi connectivity index (χ2v) is 16.5. The van der Waals surface area contributed by atoms with Gasteiger partial charge in [-0.2, -0.15) is 4.31 Å². The topological polar surface area (TPSA) is 220 Å². The minimum absolute atomic E-state index is 0.150. The van der Waals surface area contributed by atoms with E-state index in [9.17, 15) is 24.2 Å². The van der Waals surface area contributed by atoms with E-state index < -0.39 is 54.4 Å². The van der Waals surface area contributed by atoms with Crippen LogP contribution in [0.5, 0.6) is 0 Å². The van der Waals surface area contributed by atoms with E-state index in [0.717, 1.165) is 0 Å². The number of rotatable bonds is 6. The molecule has 0 amide bonds. The molecule has 188 valence electrons. The van der Waals surface area contributed by atoms with Crippen molar-refractivity contribution in [2.24, 2.45) is 0 Å². The lowest BCUT2D eigenvalue weighted by atomic mass is 9.96. The van der Waals surface area contributed by atoms with Gasteiger partial charge in [-0.25, -0.2) is 19.1 Å².